The van der Waals surface area contributed by atoms with Gasteiger partial charge >= 0.3 is 11.3 Å². The number of nitrogens with zero attached hydrogens (tertiary/aromatic N) is 3. The molecular formula is C16H13N5O2S. The Bertz CT molecular complexity index is 955. The van der Waals surface area contributed by atoms with Crippen LogP contribution in [0.15, 0.2) is 48.5 Å². The quantitative estimate of drug-likeness (QED) is 0.692. The van der Waals surface area contributed by atoms with Gasteiger partial charge in [-0.1, -0.05) is 24.3 Å². The molecular weight excluding hydrogens is 326 g/mol. The summed E-state index contributed by atoms with van der Waals surface area (Å²) in [4.78, 5) is 10.7. The zero-order valence-corrected chi connectivity index (χ0v) is 13.5. The van der Waals surface area contributed by atoms with Crippen molar-refractivity contribution in [2.45, 2.75) is 6.92 Å². The number of fused-ring (bicyclic) bond motifs is 1. The topological polar surface area (TPSA) is 99.9 Å². The third-order valence-corrected chi connectivity index (χ3v) is 3.73. The molecule has 1 heterocycles. The number of benzene rings is 2. The van der Waals surface area contributed by atoms with E-state index in [9.17, 15) is 4.21 Å². The second-order valence-corrected chi connectivity index (χ2v) is 5.73. The van der Waals surface area contributed by atoms with Gasteiger partial charge in [0.25, 0.3) is 0 Å². The molecule has 0 saturated carbocycles. The van der Waals surface area contributed by atoms with E-state index >= 15 is 0 Å². The Morgan fingerprint density at radius 2 is 2.00 bits per heavy atom. The lowest BCUT2D eigenvalue weighted by atomic mass is 10.2. The first kappa shape index (κ1) is 15.9. The highest BCUT2D eigenvalue weighted by molar-refractivity contribution is 7.78. The van der Waals surface area contributed by atoms with Crippen molar-refractivity contribution in [2.24, 2.45) is 0 Å². The Kier molecular flexibility index (Phi) is 4.65. The highest BCUT2D eigenvalue weighted by Gasteiger charge is 2.09. The van der Waals surface area contributed by atoms with Crippen LogP contribution < -0.4 is 14.4 Å². The lowest BCUT2D eigenvalue weighted by molar-refractivity contribution is 0.553. The first-order valence-electron chi connectivity index (χ1n) is 7.01. The Morgan fingerprint density at radius 3 is 2.79 bits per heavy atom. The molecule has 2 aromatic carbocycles. The van der Waals surface area contributed by atoms with Gasteiger partial charge in [-0.05, 0) is 36.8 Å². The number of hydrogen-bond donors (Lipinski definition) is 2. The molecule has 1 aromatic heterocycles. The molecule has 120 valence electrons. The molecule has 0 aliphatic carbocycles. The number of aryl methyl sites for hydroxylation is 1. The summed E-state index contributed by atoms with van der Waals surface area (Å²) in [5.41, 5.74) is 4.33. The molecule has 0 aliphatic rings. The number of hydrogen-bond acceptors (Lipinski definition) is 6. The highest BCUT2D eigenvalue weighted by Crippen LogP contribution is 2.19. The molecule has 1 atom stereocenters. The van der Waals surface area contributed by atoms with Crippen LogP contribution in [0.2, 0.25) is 0 Å². The molecule has 3 aromatic rings. The summed E-state index contributed by atoms with van der Waals surface area (Å²) in [5.74, 6) is 0.842. The monoisotopic (exact) mass is 339 g/mol. The molecule has 0 amide bonds. The van der Waals surface area contributed by atoms with Gasteiger partial charge in [-0.2, -0.15) is 14.5 Å². The van der Waals surface area contributed by atoms with E-state index in [0.29, 0.717) is 22.5 Å². The van der Waals surface area contributed by atoms with Crippen molar-refractivity contribution in [3.05, 3.63) is 59.9 Å². The summed E-state index contributed by atoms with van der Waals surface area (Å²) in [5, 5.41) is 9.70. The third-order valence-electron chi connectivity index (χ3n) is 3.12. The second kappa shape index (κ2) is 7.04. The fraction of sp³-hybridized carbons (Fsp3) is 0.0625. The van der Waals surface area contributed by atoms with Crippen LogP contribution in [-0.2, 0) is 11.3 Å². The molecule has 3 rings (SSSR count). The number of para-hydroxylation sites is 1. The number of nitrogens with one attached hydrogen (secondary N) is 2. The standard InChI is InChI=1S/C16H13N5O2S/c1-11-5-4-6-12(9-11)23-24(22)21-20-16-13-7-2-3-8-14(13)18-15(10-17)19-16/h2-9,21H,1H3,(H,18,19,20). The average molecular weight is 339 g/mol. The van der Waals surface area contributed by atoms with Crippen LogP contribution in [0.3, 0.4) is 0 Å². The predicted molar refractivity (Wildman–Crippen MR) is 91.0 cm³/mol. The van der Waals surface area contributed by atoms with E-state index in [1.165, 1.54) is 0 Å². The predicted octanol–water partition coefficient (Wildman–Crippen LogP) is 2.38. The lowest BCUT2D eigenvalue weighted by Gasteiger charge is -2.10. The fourth-order valence-electron chi connectivity index (χ4n) is 2.09. The molecule has 0 spiro atoms. The lowest BCUT2D eigenvalue weighted by Crippen LogP contribution is -2.28. The first-order valence-corrected chi connectivity index (χ1v) is 8.08. The number of anilines is 1. The second-order valence-electron chi connectivity index (χ2n) is 4.89. The van der Waals surface area contributed by atoms with Crippen LogP contribution in [0.25, 0.3) is 10.9 Å². The van der Waals surface area contributed by atoms with Crippen LogP contribution in [0.4, 0.5) is 5.82 Å². The van der Waals surface area contributed by atoms with Gasteiger partial charge in [0.2, 0.25) is 5.82 Å². The third kappa shape index (κ3) is 3.65. The largest absolute Gasteiger partial charge is 0.388 e. The summed E-state index contributed by atoms with van der Waals surface area (Å²) in [7, 11) is 0. The van der Waals surface area contributed by atoms with Crippen LogP contribution in [0, 0.1) is 18.3 Å². The zero-order chi connectivity index (χ0) is 16.9. The van der Waals surface area contributed by atoms with Gasteiger partial charge in [0.05, 0.1) is 5.52 Å². The van der Waals surface area contributed by atoms with E-state index in [0.717, 1.165) is 5.56 Å². The number of nitriles is 1. The van der Waals surface area contributed by atoms with Crippen molar-refractivity contribution in [2.75, 3.05) is 5.43 Å². The summed E-state index contributed by atoms with van der Waals surface area (Å²) in [6, 6.07) is 16.3. The van der Waals surface area contributed by atoms with Gasteiger partial charge in [0.15, 0.2) is 5.82 Å². The molecule has 2 N–H and O–H groups in total. The molecule has 8 heteroatoms. The van der Waals surface area contributed by atoms with E-state index in [-0.39, 0.29) is 5.82 Å². The van der Waals surface area contributed by atoms with Gasteiger partial charge < -0.3 is 4.18 Å². The summed E-state index contributed by atoms with van der Waals surface area (Å²) < 4.78 is 17.3. The van der Waals surface area contributed by atoms with Crippen molar-refractivity contribution in [1.29, 1.82) is 5.26 Å². The van der Waals surface area contributed by atoms with Crippen LogP contribution in [0.5, 0.6) is 5.75 Å². The molecule has 0 saturated heterocycles. The van der Waals surface area contributed by atoms with E-state index in [1.807, 2.05) is 37.3 Å². The van der Waals surface area contributed by atoms with Crippen molar-refractivity contribution >= 4 is 28.0 Å². The maximum Gasteiger partial charge on any atom is 0.306 e. The Morgan fingerprint density at radius 1 is 1.17 bits per heavy atom. The van der Waals surface area contributed by atoms with Crippen molar-refractivity contribution in [3.63, 3.8) is 0 Å². The maximum absolute atomic E-state index is 12.0. The molecule has 0 aliphatic heterocycles. The Balaban J connectivity index is 1.75. The van der Waals surface area contributed by atoms with Gasteiger partial charge in [-0.3, -0.25) is 5.43 Å². The van der Waals surface area contributed by atoms with Gasteiger partial charge in [0, 0.05) is 5.39 Å². The molecule has 1 unspecified atom stereocenters. The molecule has 24 heavy (non-hydrogen) atoms. The number of aromatic nitrogens is 2. The zero-order valence-electron chi connectivity index (χ0n) is 12.7. The minimum Gasteiger partial charge on any atom is -0.388 e. The normalized spacial score (nSPS) is 11.7. The first-order chi connectivity index (χ1) is 11.7. The van der Waals surface area contributed by atoms with Crippen molar-refractivity contribution < 1.29 is 8.39 Å². The van der Waals surface area contributed by atoms with Gasteiger partial charge in [0.1, 0.15) is 11.8 Å². The van der Waals surface area contributed by atoms with Crippen LogP contribution in [-0.4, -0.2) is 14.2 Å². The smallest absolute Gasteiger partial charge is 0.306 e. The number of hydrazine groups is 1. The van der Waals surface area contributed by atoms with E-state index in [4.69, 9.17) is 9.44 Å². The van der Waals surface area contributed by atoms with E-state index in [1.54, 1.807) is 24.3 Å². The van der Waals surface area contributed by atoms with Gasteiger partial charge in [-0.15, -0.1) is 4.83 Å². The molecule has 0 fully saturated rings. The average Bonchev–Trinajstić information content (AvgIpc) is 2.59. The van der Waals surface area contributed by atoms with Crippen LogP contribution in [0.1, 0.15) is 11.4 Å². The fourth-order valence-corrected chi connectivity index (χ4v) is 2.59. The Labute approximate surface area is 141 Å². The van der Waals surface area contributed by atoms with Crippen LogP contribution >= 0.6 is 0 Å². The minimum atomic E-state index is -1.84. The minimum absolute atomic E-state index is 0.0170. The SMILES string of the molecule is Cc1cccc(OS(=O)NNc2nc(C#N)nc3ccccc23)c1. The summed E-state index contributed by atoms with van der Waals surface area (Å²) in [6.07, 6.45) is 0. The summed E-state index contributed by atoms with van der Waals surface area (Å²) >= 11 is -1.84. The molecule has 0 radical (unpaired) electrons. The van der Waals surface area contributed by atoms with E-state index in [2.05, 4.69) is 20.2 Å². The highest BCUT2D eigenvalue weighted by atomic mass is 32.2. The van der Waals surface area contributed by atoms with Gasteiger partial charge in [-0.25, -0.2) is 4.98 Å². The number of rotatable bonds is 5. The maximum atomic E-state index is 12.0. The molecule has 7 nitrogen and oxygen atoms in total. The van der Waals surface area contributed by atoms with Crippen molar-refractivity contribution in [3.8, 4) is 11.8 Å². The Hall–Kier alpha value is -3.02. The van der Waals surface area contributed by atoms with Crippen molar-refractivity contribution in [1.82, 2.24) is 14.8 Å². The van der Waals surface area contributed by atoms with E-state index < -0.39 is 11.3 Å². The summed E-state index contributed by atoms with van der Waals surface area (Å²) in [6.45, 7) is 1.91. The molecule has 0 bridgehead atoms.